The van der Waals surface area contributed by atoms with Gasteiger partial charge in [0.2, 0.25) is 0 Å². The van der Waals surface area contributed by atoms with Gasteiger partial charge in [-0.05, 0) is 23.8 Å². The van der Waals surface area contributed by atoms with Gasteiger partial charge in [0, 0.05) is 36.0 Å². The molecule has 4 nitrogen and oxygen atoms in total. The van der Waals surface area contributed by atoms with E-state index in [9.17, 15) is 4.79 Å². The minimum atomic E-state index is -0.274. The van der Waals surface area contributed by atoms with Crippen LogP contribution in [0.25, 0.3) is 0 Å². The molecule has 2 aromatic carbocycles. The second kappa shape index (κ2) is 9.25. The van der Waals surface area contributed by atoms with E-state index >= 15 is 0 Å². The molecule has 0 saturated heterocycles. The van der Waals surface area contributed by atoms with Crippen molar-refractivity contribution in [2.75, 3.05) is 11.9 Å². The van der Waals surface area contributed by atoms with Gasteiger partial charge in [-0.1, -0.05) is 53.5 Å². The van der Waals surface area contributed by atoms with E-state index < -0.39 is 0 Å². The molecule has 0 spiro atoms. The van der Waals surface area contributed by atoms with Crippen LogP contribution in [-0.4, -0.2) is 22.3 Å². The third-order valence-corrected chi connectivity index (χ3v) is 6.00. The van der Waals surface area contributed by atoms with Gasteiger partial charge < -0.3 is 0 Å². The van der Waals surface area contributed by atoms with Crippen LogP contribution in [0.2, 0.25) is 10.0 Å². The lowest BCUT2D eigenvalue weighted by Gasteiger charge is -2.25. The Morgan fingerprint density at radius 3 is 2.71 bits per heavy atom. The molecule has 0 fully saturated rings. The fraction of sp³-hybridized carbons (Fsp3) is 0.200. The summed E-state index contributed by atoms with van der Waals surface area (Å²) in [6, 6.07) is 15.3. The van der Waals surface area contributed by atoms with E-state index in [0.717, 1.165) is 31.7 Å². The number of rotatable bonds is 4. The molecule has 28 heavy (non-hydrogen) atoms. The van der Waals surface area contributed by atoms with Crippen LogP contribution in [0.3, 0.4) is 0 Å². The first kappa shape index (κ1) is 21.1. The Balaban J connectivity index is 0.00000225. The first-order valence-corrected chi connectivity index (χ1v) is 10.2. The maximum absolute atomic E-state index is 12.5. The number of fused-ring (bicyclic) bond motifs is 1. The van der Waals surface area contributed by atoms with Gasteiger partial charge in [-0.25, -0.2) is 4.98 Å². The average molecular weight is 455 g/mol. The van der Waals surface area contributed by atoms with Crippen molar-refractivity contribution in [3.63, 3.8) is 0 Å². The number of nitrogens with one attached hydrogen (secondary N) is 1. The lowest BCUT2D eigenvalue weighted by Crippen LogP contribution is -2.29. The number of aromatic nitrogens is 1. The van der Waals surface area contributed by atoms with Crippen molar-refractivity contribution in [2.24, 2.45) is 0 Å². The SMILES string of the molecule is Cl.O=C(Nc1nc2c(s1)CN(Cc1ccccc1)CC2)c1ccc(Cl)cc1Cl. The molecule has 2 heterocycles. The number of carbonyl (C=O) groups is 1. The summed E-state index contributed by atoms with van der Waals surface area (Å²) in [5.41, 5.74) is 2.76. The summed E-state index contributed by atoms with van der Waals surface area (Å²) in [4.78, 5) is 20.7. The van der Waals surface area contributed by atoms with Gasteiger partial charge in [0.25, 0.3) is 5.91 Å². The van der Waals surface area contributed by atoms with Crippen LogP contribution in [0.15, 0.2) is 48.5 Å². The molecule has 0 unspecified atom stereocenters. The molecule has 146 valence electrons. The second-order valence-corrected chi connectivity index (χ2v) is 8.34. The molecule has 0 atom stereocenters. The van der Waals surface area contributed by atoms with Crippen molar-refractivity contribution in [2.45, 2.75) is 19.5 Å². The lowest BCUT2D eigenvalue weighted by atomic mass is 10.1. The van der Waals surface area contributed by atoms with Crippen LogP contribution in [-0.2, 0) is 19.5 Å². The molecule has 0 bridgehead atoms. The number of thiazole rings is 1. The number of benzene rings is 2. The van der Waals surface area contributed by atoms with Crippen molar-refractivity contribution >= 4 is 58.0 Å². The topological polar surface area (TPSA) is 45.2 Å². The molecule has 1 N–H and O–H groups in total. The number of amides is 1. The van der Waals surface area contributed by atoms with Gasteiger partial charge in [0.15, 0.2) is 5.13 Å². The van der Waals surface area contributed by atoms with E-state index in [-0.39, 0.29) is 18.3 Å². The summed E-state index contributed by atoms with van der Waals surface area (Å²) in [6.07, 6.45) is 0.885. The fourth-order valence-corrected chi connectivity index (χ4v) is 4.66. The van der Waals surface area contributed by atoms with E-state index in [4.69, 9.17) is 23.2 Å². The van der Waals surface area contributed by atoms with E-state index in [2.05, 4.69) is 39.5 Å². The molecule has 1 aliphatic rings. The van der Waals surface area contributed by atoms with Gasteiger partial charge in [0.05, 0.1) is 16.3 Å². The molecule has 1 aromatic heterocycles. The van der Waals surface area contributed by atoms with Crippen molar-refractivity contribution < 1.29 is 4.79 Å². The lowest BCUT2D eigenvalue weighted by molar-refractivity contribution is 0.102. The predicted octanol–water partition coefficient (Wildman–Crippen LogP) is 5.68. The van der Waals surface area contributed by atoms with Crippen LogP contribution in [0.5, 0.6) is 0 Å². The van der Waals surface area contributed by atoms with Gasteiger partial charge in [-0.2, -0.15) is 0 Å². The van der Waals surface area contributed by atoms with Crippen LogP contribution < -0.4 is 5.32 Å². The summed E-state index contributed by atoms with van der Waals surface area (Å²) < 4.78 is 0. The van der Waals surface area contributed by atoms with E-state index in [1.165, 1.54) is 21.8 Å². The molecule has 0 radical (unpaired) electrons. The predicted molar refractivity (Wildman–Crippen MR) is 118 cm³/mol. The summed E-state index contributed by atoms with van der Waals surface area (Å²) in [6.45, 7) is 2.72. The Morgan fingerprint density at radius 1 is 1.18 bits per heavy atom. The standard InChI is InChI=1S/C20H17Cl2N3OS.ClH/c21-14-6-7-15(16(22)10-14)19(26)24-20-23-17-8-9-25(12-18(17)27-20)11-13-4-2-1-3-5-13;/h1-7,10H,8-9,11-12H2,(H,23,24,26);1H. The zero-order chi connectivity index (χ0) is 18.8. The normalized spacial score (nSPS) is 13.5. The molecule has 1 amide bonds. The molecule has 0 saturated carbocycles. The van der Waals surface area contributed by atoms with Crippen molar-refractivity contribution in [1.82, 2.24) is 9.88 Å². The summed E-state index contributed by atoms with van der Waals surface area (Å²) >= 11 is 13.5. The summed E-state index contributed by atoms with van der Waals surface area (Å²) in [5, 5.41) is 4.30. The highest BCUT2D eigenvalue weighted by molar-refractivity contribution is 7.15. The first-order valence-electron chi connectivity index (χ1n) is 8.60. The second-order valence-electron chi connectivity index (χ2n) is 6.41. The smallest absolute Gasteiger partial charge is 0.258 e. The zero-order valence-electron chi connectivity index (χ0n) is 14.8. The number of anilines is 1. The molecule has 8 heteroatoms. The molecule has 4 rings (SSSR count). The highest BCUT2D eigenvalue weighted by Gasteiger charge is 2.22. The zero-order valence-corrected chi connectivity index (χ0v) is 18.0. The highest BCUT2D eigenvalue weighted by atomic mass is 35.5. The number of hydrogen-bond donors (Lipinski definition) is 1. The quantitative estimate of drug-likeness (QED) is 0.551. The van der Waals surface area contributed by atoms with Gasteiger partial charge >= 0.3 is 0 Å². The van der Waals surface area contributed by atoms with Gasteiger partial charge in [0.1, 0.15) is 0 Å². The largest absolute Gasteiger partial charge is 0.298 e. The van der Waals surface area contributed by atoms with E-state index in [0.29, 0.717) is 20.7 Å². The third-order valence-electron chi connectivity index (χ3n) is 4.46. The van der Waals surface area contributed by atoms with E-state index in [1.54, 1.807) is 18.2 Å². The average Bonchev–Trinajstić information content (AvgIpc) is 3.04. The highest BCUT2D eigenvalue weighted by Crippen LogP contribution is 2.30. The maximum atomic E-state index is 12.5. The number of nitrogens with zero attached hydrogens (tertiary/aromatic N) is 2. The Kier molecular flexibility index (Phi) is 6.96. The molecule has 0 aliphatic carbocycles. The van der Waals surface area contributed by atoms with Crippen LogP contribution in [0.1, 0.15) is 26.5 Å². The molecule has 3 aromatic rings. The maximum Gasteiger partial charge on any atom is 0.258 e. The summed E-state index contributed by atoms with van der Waals surface area (Å²) in [7, 11) is 0. The molecular weight excluding hydrogens is 437 g/mol. The first-order chi connectivity index (χ1) is 13.1. The van der Waals surface area contributed by atoms with Crippen LogP contribution in [0, 0.1) is 0 Å². The van der Waals surface area contributed by atoms with Gasteiger partial charge in [-0.15, -0.1) is 23.7 Å². The van der Waals surface area contributed by atoms with E-state index in [1.807, 2.05) is 6.07 Å². The number of hydrogen-bond acceptors (Lipinski definition) is 4. The summed E-state index contributed by atoms with van der Waals surface area (Å²) in [5.74, 6) is -0.274. The monoisotopic (exact) mass is 453 g/mol. The Labute approximate surface area is 183 Å². The molecule has 1 aliphatic heterocycles. The Bertz CT molecular complexity index is 978. The van der Waals surface area contributed by atoms with Crippen molar-refractivity contribution in [1.29, 1.82) is 0 Å². The van der Waals surface area contributed by atoms with Gasteiger partial charge in [-0.3, -0.25) is 15.0 Å². The Hall–Kier alpha value is -1.63. The van der Waals surface area contributed by atoms with Crippen molar-refractivity contribution in [3.8, 4) is 0 Å². The fourth-order valence-electron chi connectivity index (χ4n) is 3.12. The number of carbonyl (C=O) groups excluding carboxylic acids is 1. The minimum absolute atomic E-state index is 0. The van der Waals surface area contributed by atoms with Crippen LogP contribution >= 0.6 is 46.9 Å². The Morgan fingerprint density at radius 2 is 1.96 bits per heavy atom. The number of halogens is 3. The van der Waals surface area contributed by atoms with Crippen LogP contribution in [0.4, 0.5) is 5.13 Å². The third kappa shape index (κ3) is 4.85. The van der Waals surface area contributed by atoms with Crippen molar-refractivity contribution in [3.05, 3.63) is 80.3 Å². The minimum Gasteiger partial charge on any atom is -0.298 e. The molecular formula is C20H18Cl3N3OS.